The van der Waals surface area contributed by atoms with Crippen LogP contribution in [0.15, 0.2) is 12.1 Å². The van der Waals surface area contributed by atoms with E-state index in [0.717, 1.165) is 3.57 Å². The largest absolute Gasteiger partial charge is 0.484 e. The van der Waals surface area contributed by atoms with Crippen LogP contribution in [-0.4, -0.2) is 22.6 Å². The summed E-state index contributed by atoms with van der Waals surface area (Å²) >= 11 is 2.12. The highest BCUT2D eigenvalue weighted by Crippen LogP contribution is 2.41. The van der Waals surface area contributed by atoms with Crippen LogP contribution in [0, 0.1) is 3.57 Å². The molecule has 1 aromatic rings. The Morgan fingerprint density at radius 1 is 1.50 bits per heavy atom. The number of Topliss-reactive ketones (excluding diaryl/α,β-unsaturated/α-hetero) is 1. The highest BCUT2D eigenvalue weighted by atomic mass is 127. The molecule has 18 heavy (non-hydrogen) atoms. The molecule has 0 radical (unpaired) electrons. The van der Waals surface area contributed by atoms with Crippen molar-refractivity contribution in [3.63, 3.8) is 0 Å². The minimum atomic E-state index is -0.803. The fraction of sp³-hybridized carbons (Fsp3) is 0.462. The number of carbonyl (C=O) groups excluding carboxylic acids is 1. The number of benzene rings is 1. The molecule has 5 heteroatoms. The number of halogens is 1. The zero-order valence-electron chi connectivity index (χ0n) is 10.5. The van der Waals surface area contributed by atoms with E-state index in [1.807, 2.05) is 0 Å². The number of fused-ring (bicyclic) bond motifs is 1. The van der Waals surface area contributed by atoms with Crippen molar-refractivity contribution < 1.29 is 14.6 Å². The van der Waals surface area contributed by atoms with Crippen LogP contribution in [0.5, 0.6) is 5.75 Å². The summed E-state index contributed by atoms with van der Waals surface area (Å²) in [5, 5.41) is 10.1. The van der Waals surface area contributed by atoms with Crippen LogP contribution in [0.1, 0.15) is 42.7 Å². The zero-order valence-corrected chi connectivity index (χ0v) is 12.7. The van der Waals surface area contributed by atoms with Crippen LogP contribution in [0.4, 0.5) is 0 Å². The second-order valence-corrected chi connectivity index (χ2v) is 6.27. The van der Waals surface area contributed by atoms with Crippen molar-refractivity contribution in [2.45, 2.75) is 38.5 Å². The quantitative estimate of drug-likeness (QED) is 0.593. The molecule has 3 N–H and O–H groups in total. The molecule has 2 rings (SSSR count). The molecule has 2 unspecified atom stereocenters. The number of aliphatic hydroxyl groups is 1. The fourth-order valence-electron chi connectivity index (χ4n) is 2.10. The van der Waals surface area contributed by atoms with Gasteiger partial charge in [0.25, 0.3) is 0 Å². The minimum Gasteiger partial charge on any atom is -0.484 e. The molecule has 98 valence electrons. The van der Waals surface area contributed by atoms with Crippen LogP contribution in [0.2, 0.25) is 0 Å². The molecule has 0 aromatic heterocycles. The van der Waals surface area contributed by atoms with Gasteiger partial charge < -0.3 is 15.6 Å². The summed E-state index contributed by atoms with van der Waals surface area (Å²) in [5.41, 5.74) is 6.61. The van der Waals surface area contributed by atoms with Gasteiger partial charge in [-0.25, -0.2) is 0 Å². The first-order valence-corrected chi connectivity index (χ1v) is 6.79. The second kappa shape index (κ2) is 4.47. The number of ether oxygens (including phenoxy) is 1. The van der Waals surface area contributed by atoms with E-state index >= 15 is 0 Å². The van der Waals surface area contributed by atoms with Gasteiger partial charge >= 0.3 is 0 Å². The number of aliphatic hydroxyl groups excluding tert-OH is 1. The van der Waals surface area contributed by atoms with Crippen molar-refractivity contribution in [3.8, 4) is 5.75 Å². The number of hydrogen-bond acceptors (Lipinski definition) is 4. The molecule has 1 aliphatic rings. The Morgan fingerprint density at radius 3 is 2.67 bits per heavy atom. The Balaban J connectivity index is 2.61. The van der Waals surface area contributed by atoms with Gasteiger partial charge in [-0.15, -0.1) is 0 Å². The van der Waals surface area contributed by atoms with Crippen molar-refractivity contribution in [1.29, 1.82) is 0 Å². The Morgan fingerprint density at radius 2 is 2.11 bits per heavy atom. The van der Waals surface area contributed by atoms with Crippen LogP contribution in [0.3, 0.4) is 0 Å². The predicted molar refractivity (Wildman–Crippen MR) is 76.8 cm³/mol. The third-order valence-electron chi connectivity index (χ3n) is 3.26. The first-order valence-electron chi connectivity index (χ1n) is 5.71. The standard InChI is InChI=1S/C13H16INO3/c1-6(16)7-4-8-10(15)12(17)13(2,3)18-11(8)9(14)5-7/h4-5,10,12,17H,15H2,1-3H3. The summed E-state index contributed by atoms with van der Waals surface area (Å²) < 4.78 is 6.66. The highest BCUT2D eigenvalue weighted by Gasteiger charge is 2.42. The van der Waals surface area contributed by atoms with E-state index < -0.39 is 17.7 Å². The highest BCUT2D eigenvalue weighted by molar-refractivity contribution is 14.1. The SMILES string of the molecule is CC(=O)c1cc(I)c2c(c1)C(N)C(O)C(C)(C)O2. The molecule has 0 saturated heterocycles. The summed E-state index contributed by atoms with van der Waals surface area (Å²) in [7, 11) is 0. The van der Waals surface area contributed by atoms with E-state index in [0.29, 0.717) is 16.9 Å². The van der Waals surface area contributed by atoms with Crippen molar-refractivity contribution in [2.24, 2.45) is 5.73 Å². The smallest absolute Gasteiger partial charge is 0.159 e. The zero-order chi connectivity index (χ0) is 13.7. The van der Waals surface area contributed by atoms with Gasteiger partial charge in [0.05, 0.1) is 9.61 Å². The third kappa shape index (κ3) is 2.15. The lowest BCUT2D eigenvalue weighted by atomic mass is 9.86. The Hall–Kier alpha value is -0.660. The summed E-state index contributed by atoms with van der Waals surface area (Å²) in [6.45, 7) is 5.11. The van der Waals surface area contributed by atoms with Crippen molar-refractivity contribution in [3.05, 3.63) is 26.8 Å². The predicted octanol–water partition coefficient (Wildman–Crippen LogP) is 2.03. The lowest BCUT2D eigenvalue weighted by molar-refractivity contribution is -0.0577. The van der Waals surface area contributed by atoms with E-state index in [-0.39, 0.29) is 5.78 Å². The van der Waals surface area contributed by atoms with Gasteiger partial charge in [-0.3, -0.25) is 4.79 Å². The van der Waals surface area contributed by atoms with E-state index in [2.05, 4.69) is 22.6 Å². The average molecular weight is 361 g/mol. The third-order valence-corrected chi connectivity index (χ3v) is 4.06. The Kier molecular flexibility index (Phi) is 3.42. The summed E-state index contributed by atoms with van der Waals surface area (Å²) in [4.78, 5) is 11.5. The summed E-state index contributed by atoms with van der Waals surface area (Å²) in [5.74, 6) is 0.644. The van der Waals surface area contributed by atoms with Crippen LogP contribution in [-0.2, 0) is 0 Å². The number of ketones is 1. The van der Waals surface area contributed by atoms with Gasteiger partial charge in [0.15, 0.2) is 5.78 Å². The molecular weight excluding hydrogens is 345 g/mol. The van der Waals surface area contributed by atoms with Gasteiger partial charge in [-0.2, -0.15) is 0 Å². The van der Waals surface area contributed by atoms with Crippen LogP contribution >= 0.6 is 22.6 Å². The molecule has 0 amide bonds. The monoisotopic (exact) mass is 361 g/mol. The second-order valence-electron chi connectivity index (χ2n) is 5.11. The maximum atomic E-state index is 11.5. The van der Waals surface area contributed by atoms with Gasteiger partial charge in [0.1, 0.15) is 17.5 Å². The van der Waals surface area contributed by atoms with Gasteiger partial charge in [0, 0.05) is 11.1 Å². The normalized spacial score (nSPS) is 25.2. The molecule has 1 heterocycles. The molecule has 0 aliphatic carbocycles. The molecule has 4 nitrogen and oxygen atoms in total. The maximum absolute atomic E-state index is 11.5. The van der Waals surface area contributed by atoms with E-state index in [9.17, 15) is 9.90 Å². The van der Waals surface area contributed by atoms with E-state index in [4.69, 9.17) is 10.5 Å². The molecule has 0 bridgehead atoms. The molecule has 1 aliphatic heterocycles. The molecule has 0 fully saturated rings. The van der Waals surface area contributed by atoms with Crippen LogP contribution in [0.25, 0.3) is 0 Å². The molecule has 0 spiro atoms. The maximum Gasteiger partial charge on any atom is 0.159 e. The molecule has 0 saturated carbocycles. The first kappa shape index (κ1) is 13.8. The lowest BCUT2D eigenvalue weighted by Gasteiger charge is -2.41. The number of carbonyl (C=O) groups is 1. The van der Waals surface area contributed by atoms with E-state index in [1.54, 1.807) is 26.0 Å². The average Bonchev–Trinajstić information content (AvgIpc) is 2.27. The van der Waals surface area contributed by atoms with Crippen molar-refractivity contribution in [2.75, 3.05) is 0 Å². The molecular formula is C13H16INO3. The fourth-order valence-corrected chi connectivity index (χ4v) is 2.86. The van der Waals surface area contributed by atoms with Crippen LogP contribution < -0.4 is 10.5 Å². The minimum absolute atomic E-state index is 0.0257. The van der Waals surface area contributed by atoms with Gasteiger partial charge in [-0.05, 0) is 55.5 Å². The number of nitrogens with two attached hydrogens (primary N) is 1. The molecule has 2 atom stereocenters. The number of hydrogen-bond donors (Lipinski definition) is 2. The first-order chi connectivity index (χ1) is 8.24. The summed E-state index contributed by atoms with van der Waals surface area (Å²) in [6, 6.07) is 2.95. The topological polar surface area (TPSA) is 72.6 Å². The van der Waals surface area contributed by atoms with Crippen molar-refractivity contribution in [1.82, 2.24) is 0 Å². The van der Waals surface area contributed by atoms with E-state index in [1.165, 1.54) is 6.92 Å². The Bertz CT molecular complexity index is 513. The number of rotatable bonds is 1. The Labute approximate surface area is 120 Å². The van der Waals surface area contributed by atoms with Gasteiger partial charge in [-0.1, -0.05) is 0 Å². The van der Waals surface area contributed by atoms with Crippen molar-refractivity contribution >= 4 is 28.4 Å². The molecule has 1 aromatic carbocycles. The summed E-state index contributed by atoms with van der Waals surface area (Å²) in [6.07, 6.45) is -0.803. The lowest BCUT2D eigenvalue weighted by Crippen LogP contribution is -2.51. The van der Waals surface area contributed by atoms with Gasteiger partial charge in [0.2, 0.25) is 0 Å².